The van der Waals surface area contributed by atoms with Gasteiger partial charge in [-0.3, -0.25) is 18.5 Å². The van der Waals surface area contributed by atoms with Crippen molar-refractivity contribution < 1.29 is 14.2 Å². The maximum Gasteiger partial charge on any atom is 0.267 e. The number of anilines is 1. The molecule has 0 spiro atoms. The molecule has 0 amide bonds. The number of hydrogen-bond acceptors (Lipinski definition) is 9. The first-order valence-electron chi connectivity index (χ1n) is 9.21. The number of rotatable bonds is 3. The molecular weight excluding hydrogens is 438 g/mol. The second-order valence-electron chi connectivity index (χ2n) is 6.91. The molecule has 4 aromatic rings. The van der Waals surface area contributed by atoms with E-state index in [0.717, 1.165) is 9.88 Å². The van der Waals surface area contributed by atoms with Crippen LogP contribution in [0.4, 0.5) is 5.69 Å². The number of amidine groups is 1. The Morgan fingerprint density at radius 1 is 1.16 bits per heavy atom. The molecule has 4 heterocycles. The van der Waals surface area contributed by atoms with Crippen LogP contribution in [0.2, 0.25) is 0 Å². The van der Waals surface area contributed by atoms with E-state index in [4.69, 9.17) is 0 Å². The molecule has 158 valence electrons. The topological polar surface area (TPSA) is 133 Å². The molecule has 9 nitrogen and oxygen atoms in total. The summed E-state index contributed by atoms with van der Waals surface area (Å²) in [5.41, 5.74) is -0.00256. The predicted octanol–water partition coefficient (Wildman–Crippen LogP) is 3.81. The molecule has 3 aromatic heterocycles. The van der Waals surface area contributed by atoms with Crippen molar-refractivity contribution in [1.29, 1.82) is 0 Å². The summed E-state index contributed by atoms with van der Waals surface area (Å²) in [5.74, 6) is -0.438. The number of pyridine rings is 2. The van der Waals surface area contributed by atoms with Crippen LogP contribution in [0.5, 0.6) is 5.75 Å². The SMILES string of the molecule is Cc1ncc(Cn2c(=O)c(C3=NS(O)(O)c4ccccc4N3)c(O)c3cccnc32)s1. The molecule has 1 aromatic carbocycles. The second kappa shape index (κ2) is 7.17. The number of nitrogens with zero attached hydrogens (tertiary/aromatic N) is 4. The third-order valence-electron chi connectivity index (χ3n) is 4.87. The lowest BCUT2D eigenvalue weighted by atomic mass is 10.1. The van der Waals surface area contributed by atoms with Crippen LogP contribution in [-0.2, 0) is 6.54 Å². The third-order valence-corrected chi connectivity index (χ3v) is 7.15. The lowest BCUT2D eigenvalue weighted by Gasteiger charge is -2.34. The van der Waals surface area contributed by atoms with Crippen LogP contribution in [0.1, 0.15) is 15.4 Å². The molecule has 1 aliphatic heterocycles. The van der Waals surface area contributed by atoms with E-state index in [0.29, 0.717) is 16.7 Å². The molecule has 31 heavy (non-hydrogen) atoms. The Kier molecular flexibility index (Phi) is 4.55. The Morgan fingerprint density at radius 3 is 2.74 bits per heavy atom. The van der Waals surface area contributed by atoms with E-state index in [2.05, 4.69) is 19.7 Å². The first kappa shape index (κ1) is 19.7. The van der Waals surface area contributed by atoms with Crippen LogP contribution in [0, 0.1) is 6.92 Å². The lowest BCUT2D eigenvalue weighted by Crippen LogP contribution is -2.32. The summed E-state index contributed by atoms with van der Waals surface area (Å²) in [7, 11) is -3.55. The highest BCUT2D eigenvalue weighted by Crippen LogP contribution is 2.55. The fourth-order valence-electron chi connectivity index (χ4n) is 3.50. The van der Waals surface area contributed by atoms with Crippen molar-refractivity contribution in [3.63, 3.8) is 0 Å². The van der Waals surface area contributed by atoms with Gasteiger partial charge in [0, 0.05) is 17.3 Å². The molecule has 0 unspecified atom stereocenters. The number of thiazole rings is 1. The van der Waals surface area contributed by atoms with Gasteiger partial charge < -0.3 is 10.4 Å². The number of nitrogens with one attached hydrogen (secondary N) is 1. The molecule has 0 atom stereocenters. The van der Waals surface area contributed by atoms with E-state index >= 15 is 0 Å². The molecule has 11 heteroatoms. The van der Waals surface area contributed by atoms with Gasteiger partial charge in [0.15, 0.2) is 5.84 Å². The van der Waals surface area contributed by atoms with Gasteiger partial charge in [0.05, 0.1) is 22.6 Å². The van der Waals surface area contributed by atoms with E-state index in [1.165, 1.54) is 15.9 Å². The molecule has 0 radical (unpaired) electrons. The Balaban J connectivity index is 1.75. The standard InChI is InChI=1S/C20H17N5O4S2/c1-11-22-9-12(30-11)10-25-19-13(5-4-8-21-19)17(26)16(20(25)27)18-23-14-6-2-3-7-15(14)31(28,29)24-18/h2-9,26,28-29H,10H2,1H3,(H,23,24). The first-order valence-corrected chi connectivity index (χ1v) is 11.5. The van der Waals surface area contributed by atoms with Gasteiger partial charge in [0.1, 0.15) is 21.9 Å². The van der Waals surface area contributed by atoms with Crippen LogP contribution in [-0.4, -0.2) is 34.6 Å². The van der Waals surface area contributed by atoms with E-state index in [-0.39, 0.29) is 28.6 Å². The van der Waals surface area contributed by atoms with E-state index < -0.39 is 16.3 Å². The summed E-state index contributed by atoms with van der Waals surface area (Å²) in [4.78, 5) is 23.1. The van der Waals surface area contributed by atoms with E-state index in [1.807, 2.05) is 6.92 Å². The number of para-hydroxylation sites is 1. The average molecular weight is 456 g/mol. The maximum absolute atomic E-state index is 13.5. The van der Waals surface area contributed by atoms with Gasteiger partial charge in [0.25, 0.3) is 5.56 Å². The average Bonchev–Trinajstić information content (AvgIpc) is 3.16. The summed E-state index contributed by atoms with van der Waals surface area (Å²) in [6.07, 6.45) is 3.23. The van der Waals surface area contributed by atoms with E-state index in [1.54, 1.807) is 48.8 Å². The van der Waals surface area contributed by atoms with Crippen LogP contribution in [0.25, 0.3) is 11.0 Å². The Bertz CT molecular complexity index is 1430. The smallest absolute Gasteiger partial charge is 0.267 e. The van der Waals surface area contributed by atoms with Gasteiger partial charge in [0.2, 0.25) is 0 Å². The molecule has 0 saturated carbocycles. The molecule has 0 aliphatic carbocycles. The van der Waals surface area contributed by atoms with Crippen molar-refractivity contribution in [2.45, 2.75) is 18.4 Å². The number of aryl methyl sites for hydroxylation is 1. The molecule has 4 N–H and O–H groups in total. The quantitative estimate of drug-likeness (QED) is 0.369. The maximum atomic E-state index is 13.5. The first-order chi connectivity index (χ1) is 14.8. The van der Waals surface area contributed by atoms with Crippen LogP contribution < -0.4 is 10.9 Å². The molecule has 0 saturated heterocycles. The van der Waals surface area contributed by atoms with E-state index in [9.17, 15) is 19.0 Å². The summed E-state index contributed by atoms with van der Waals surface area (Å²) in [5, 5.41) is 15.1. The summed E-state index contributed by atoms with van der Waals surface area (Å²) in [6, 6.07) is 9.88. The Labute approximate surface area is 181 Å². The van der Waals surface area contributed by atoms with Gasteiger partial charge in [-0.05, 0) is 31.2 Å². The summed E-state index contributed by atoms with van der Waals surface area (Å²) < 4.78 is 26.6. The van der Waals surface area contributed by atoms with Crippen LogP contribution in [0.15, 0.2) is 62.9 Å². The Morgan fingerprint density at radius 2 is 1.97 bits per heavy atom. The van der Waals surface area contributed by atoms with Crippen molar-refractivity contribution >= 4 is 44.7 Å². The number of aromatic hydroxyl groups is 1. The minimum absolute atomic E-state index is 0.110. The highest BCUT2D eigenvalue weighted by atomic mass is 32.3. The minimum atomic E-state index is -3.55. The van der Waals surface area contributed by atoms with Crippen molar-refractivity contribution in [1.82, 2.24) is 14.5 Å². The zero-order valence-corrected chi connectivity index (χ0v) is 17.8. The van der Waals surface area contributed by atoms with Crippen molar-refractivity contribution in [2.24, 2.45) is 4.40 Å². The predicted molar refractivity (Wildman–Crippen MR) is 121 cm³/mol. The molecule has 1 aliphatic rings. The highest BCUT2D eigenvalue weighted by molar-refractivity contribution is 8.23. The largest absolute Gasteiger partial charge is 0.506 e. The number of aromatic nitrogens is 3. The van der Waals surface area contributed by atoms with Crippen LogP contribution in [0.3, 0.4) is 0 Å². The van der Waals surface area contributed by atoms with Gasteiger partial charge in [-0.15, -0.1) is 15.7 Å². The number of hydrogen-bond donors (Lipinski definition) is 4. The van der Waals surface area contributed by atoms with Crippen molar-refractivity contribution in [2.75, 3.05) is 5.32 Å². The molecular formula is C20H17N5O4S2. The van der Waals surface area contributed by atoms with Gasteiger partial charge in [-0.1, -0.05) is 22.9 Å². The zero-order chi connectivity index (χ0) is 21.8. The van der Waals surface area contributed by atoms with Gasteiger partial charge in [-0.2, -0.15) is 0 Å². The monoisotopic (exact) mass is 455 g/mol. The fourth-order valence-corrected chi connectivity index (χ4v) is 5.45. The zero-order valence-electron chi connectivity index (χ0n) is 16.2. The summed E-state index contributed by atoms with van der Waals surface area (Å²) >= 11 is 1.45. The third kappa shape index (κ3) is 3.27. The Hall–Kier alpha value is -3.25. The highest BCUT2D eigenvalue weighted by Gasteiger charge is 2.30. The minimum Gasteiger partial charge on any atom is -0.506 e. The fraction of sp³-hybridized carbons (Fsp3) is 0.100. The lowest BCUT2D eigenvalue weighted by molar-refractivity contribution is 0.477. The second-order valence-corrected chi connectivity index (χ2v) is 9.89. The number of fused-ring (bicyclic) bond motifs is 2. The van der Waals surface area contributed by atoms with Crippen LogP contribution >= 0.6 is 22.1 Å². The van der Waals surface area contributed by atoms with Gasteiger partial charge >= 0.3 is 0 Å². The summed E-state index contributed by atoms with van der Waals surface area (Å²) in [6.45, 7) is 2.07. The van der Waals surface area contributed by atoms with Crippen molar-refractivity contribution in [3.05, 3.63) is 74.6 Å². The number of benzene rings is 1. The normalized spacial score (nSPS) is 15.8. The molecule has 5 rings (SSSR count). The molecule has 0 fully saturated rings. The van der Waals surface area contributed by atoms with Crippen molar-refractivity contribution in [3.8, 4) is 5.75 Å². The van der Waals surface area contributed by atoms with Gasteiger partial charge in [-0.25, -0.2) is 9.97 Å². The molecule has 0 bridgehead atoms.